The van der Waals surface area contributed by atoms with Gasteiger partial charge in [0.25, 0.3) is 0 Å². The maximum absolute atomic E-state index is 10.9. The summed E-state index contributed by atoms with van der Waals surface area (Å²) in [7, 11) is 1.80. The Bertz CT molecular complexity index is 115. The normalized spacial score (nSPS) is 9.73. The van der Waals surface area contributed by atoms with Crippen LogP contribution >= 0.6 is 0 Å². The minimum absolute atomic E-state index is 0.0288. The Morgan fingerprint density at radius 2 is 2.09 bits per heavy atom. The van der Waals surface area contributed by atoms with Gasteiger partial charge >= 0.3 is 0 Å². The highest BCUT2D eigenvalue weighted by Gasteiger charge is 2.03. The van der Waals surface area contributed by atoms with Crippen molar-refractivity contribution in [2.24, 2.45) is 5.73 Å². The third-order valence-corrected chi connectivity index (χ3v) is 1.70. The van der Waals surface area contributed by atoms with Crippen LogP contribution in [-0.2, 0) is 4.79 Å². The number of likely N-dealkylation sites (N-methyl/N-ethyl adjacent to an activating group) is 1. The molecular weight excluding hydrogens is 140 g/mol. The van der Waals surface area contributed by atoms with E-state index in [1.165, 1.54) is 12.8 Å². The highest BCUT2D eigenvalue weighted by molar-refractivity contribution is 5.77. The van der Waals surface area contributed by atoms with Crippen LogP contribution in [0.4, 0.5) is 0 Å². The topological polar surface area (TPSA) is 46.3 Å². The maximum atomic E-state index is 10.9. The molecule has 2 N–H and O–H groups in total. The standard InChI is InChI=1S/C8H18N2O/c1-3-4-5-6-10(2)8(11)7-9/h3-7,9H2,1-2H3. The summed E-state index contributed by atoms with van der Waals surface area (Å²) in [5, 5.41) is 0. The zero-order valence-electron chi connectivity index (χ0n) is 7.47. The van der Waals surface area contributed by atoms with E-state index < -0.39 is 0 Å². The molecule has 66 valence electrons. The number of rotatable bonds is 5. The highest BCUT2D eigenvalue weighted by Crippen LogP contribution is 1.95. The lowest BCUT2D eigenvalue weighted by atomic mass is 10.2. The number of carbonyl (C=O) groups is 1. The Morgan fingerprint density at radius 3 is 2.55 bits per heavy atom. The van der Waals surface area contributed by atoms with E-state index in [0.29, 0.717) is 0 Å². The molecule has 0 bridgehead atoms. The van der Waals surface area contributed by atoms with E-state index in [2.05, 4.69) is 6.92 Å². The molecule has 0 heterocycles. The lowest BCUT2D eigenvalue weighted by Crippen LogP contribution is -2.33. The van der Waals surface area contributed by atoms with E-state index >= 15 is 0 Å². The molecule has 0 fully saturated rings. The van der Waals surface area contributed by atoms with Gasteiger partial charge in [-0.3, -0.25) is 4.79 Å². The molecule has 0 radical (unpaired) electrons. The van der Waals surface area contributed by atoms with Gasteiger partial charge in [0.1, 0.15) is 0 Å². The van der Waals surface area contributed by atoms with Gasteiger partial charge in [-0.2, -0.15) is 0 Å². The Balaban J connectivity index is 3.36. The van der Waals surface area contributed by atoms with Crippen molar-refractivity contribution in [3.8, 4) is 0 Å². The Hall–Kier alpha value is -0.570. The van der Waals surface area contributed by atoms with Crippen molar-refractivity contribution in [2.45, 2.75) is 26.2 Å². The summed E-state index contributed by atoms with van der Waals surface area (Å²) in [5.74, 6) is 0.0288. The smallest absolute Gasteiger partial charge is 0.236 e. The van der Waals surface area contributed by atoms with Crippen molar-refractivity contribution < 1.29 is 4.79 Å². The Morgan fingerprint density at radius 1 is 1.45 bits per heavy atom. The third kappa shape index (κ3) is 4.79. The minimum atomic E-state index is 0.0288. The van der Waals surface area contributed by atoms with Crippen LogP contribution in [0.25, 0.3) is 0 Å². The first-order valence-electron chi connectivity index (χ1n) is 4.16. The van der Waals surface area contributed by atoms with Crippen molar-refractivity contribution in [3.63, 3.8) is 0 Å². The van der Waals surface area contributed by atoms with E-state index in [1.807, 2.05) is 0 Å². The first-order chi connectivity index (χ1) is 5.22. The summed E-state index contributed by atoms with van der Waals surface area (Å²) in [6, 6.07) is 0. The fourth-order valence-electron chi connectivity index (χ4n) is 0.880. The average Bonchev–Trinajstić information content (AvgIpc) is 2.03. The average molecular weight is 158 g/mol. The van der Waals surface area contributed by atoms with E-state index in [1.54, 1.807) is 11.9 Å². The fraction of sp³-hybridized carbons (Fsp3) is 0.875. The van der Waals surface area contributed by atoms with Crippen LogP contribution in [0.3, 0.4) is 0 Å². The number of unbranched alkanes of at least 4 members (excludes halogenated alkanes) is 2. The second-order valence-corrected chi connectivity index (χ2v) is 2.73. The zero-order valence-corrected chi connectivity index (χ0v) is 7.47. The van der Waals surface area contributed by atoms with Crippen LogP contribution in [0, 0.1) is 0 Å². The number of nitrogens with zero attached hydrogens (tertiary/aromatic N) is 1. The zero-order chi connectivity index (χ0) is 8.69. The molecule has 1 amide bonds. The van der Waals surface area contributed by atoms with E-state index in [9.17, 15) is 4.79 Å². The largest absolute Gasteiger partial charge is 0.345 e. The van der Waals surface area contributed by atoms with Gasteiger partial charge in [0, 0.05) is 13.6 Å². The van der Waals surface area contributed by atoms with E-state index in [-0.39, 0.29) is 12.5 Å². The number of nitrogens with two attached hydrogens (primary N) is 1. The molecule has 0 aromatic heterocycles. The minimum Gasteiger partial charge on any atom is -0.345 e. The highest BCUT2D eigenvalue weighted by atomic mass is 16.2. The van der Waals surface area contributed by atoms with E-state index in [0.717, 1.165) is 13.0 Å². The third-order valence-electron chi connectivity index (χ3n) is 1.70. The molecule has 0 rings (SSSR count). The second kappa shape index (κ2) is 6.16. The van der Waals surface area contributed by atoms with Crippen molar-refractivity contribution in [1.29, 1.82) is 0 Å². The van der Waals surface area contributed by atoms with Gasteiger partial charge in [0.05, 0.1) is 6.54 Å². The van der Waals surface area contributed by atoms with Gasteiger partial charge < -0.3 is 10.6 Å². The Kier molecular flexibility index (Phi) is 5.84. The molecule has 3 heteroatoms. The van der Waals surface area contributed by atoms with Crippen LogP contribution in [-0.4, -0.2) is 30.9 Å². The molecule has 0 unspecified atom stereocenters. The van der Waals surface area contributed by atoms with Crippen molar-refractivity contribution in [3.05, 3.63) is 0 Å². The molecule has 11 heavy (non-hydrogen) atoms. The predicted octanol–water partition coefficient (Wildman–Crippen LogP) is 0.594. The van der Waals surface area contributed by atoms with Crippen LogP contribution in [0.1, 0.15) is 26.2 Å². The summed E-state index contributed by atoms with van der Waals surface area (Å²) in [4.78, 5) is 12.6. The van der Waals surface area contributed by atoms with Crippen LogP contribution in [0.15, 0.2) is 0 Å². The monoisotopic (exact) mass is 158 g/mol. The summed E-state index contributed by atoms with van der Waals surface area (Å²) in [6.07, 6.45) is 3.45. The van der Waals surface area contributed by atoms with Gasteiger partial charge in [0.15, 0.2) is 0 Å². The predicted molar refractivity (Wildman–Crippen MR) is 46.2 cm³/mol. The molecule has 0 aromatic carbocycles. The molecule has 0 atom stereocenters. The summed E-state index contributed by atoms with van der Waals surface area (Å²) >= 11 is 0. The number of hydrogen-bond donors (Lipinski definition) is 1. The van der Waals surface area contributed by atoms with Crippen molar-refractivity contribution >= 4 is 5.91 Å². The number of hydrogen-bond acceptors (Lipinski definition) is 2. The molecule has 0 aliphatic carbocycles. The SMILES string of the molecule is CCCCCN(C)C(=O)CN. The van der Waals surface area contributed by atoms with Crippen molar-refractivity contribution in [1.82, 2.24) is 4.90 Å². The van der Waals surface area contributed by atoms with E-state index in [4.69, 9.17) is 5.73 Å². The van der Waals surface area contributed by atoms with Gasteiger partial charge in [-0.25, -0.2) is 0 Å². The van der Waals surface area contributed by atoms with Crippen LogP contribution in [0.5, 0.6) is 0 Å². The van der Waals surface area contributed by atoms with Crippen LogP contribution in [0.2, 0.25) is 0 Å². The molecular formula is C8H18N2O. The molecule has 0 saturated carbocycles. The maximum Gasteiger partial charge on any atom is 0.236 e. The molecule has 0 aliphatic heterocycles. The molecule has 0 saturated heterocycles. The lowest BCUT2D eigenvalue weighted by Gasteiger charge is -2.15. The van der Waals surface area contributed by atoms with Gasteiger partial charge in [-0.05, 0) is 6.42 Å². The first-order valence-corrected chi connectivity index (χ1v) is 4.16. The van der Waals surface area contributed by atoms with Gasteiger partial charge in [-0.15, -0.1) is 0 Å². The second-order valence-electron chi connectivity index (χ2n) is 2.73. The van der Waals surface area contributed by atoms with Crippen LogP contribution < -0.4 is 5.73 Å². The molecule has 0 aliphatic rings. The van der Waals surface area contributed by atoms with Gasteiger partial charge in [-0.1, -0.05) is 19.8 Å². The molecule has 3 nitrogen and oxygen atoms in total. The fourth-order valence-corrected chi connectivity index (χ4v) is 0.880. The van der Waals surface area contributed by atoms with Crippen molar-refractivity contribution in [2.75, 3.05) is 20.1 Å². The molecule has 0 aromatic rings. The Labute approximate surface area is 68.6 Å². The quantitative estimate of drug-likeness (QED) is 0.595. The molecule has 0 spiro atoms. The number of carbonyl (C=O) groups excluding carboxylic acids is 1. The summed E-state index contributed by atoms with van der Waals surface area (Å²) in [5.41, 5.74) is 5.19. The van der Waals surface area contributed by atoms with Gasteiger partial charge in [0.2, 0.25) is 5.91 Å². The number of amides is 1. The summed E-state index contributed by atoms with van der Waals surface area (Å²) < 4.78 is 0. The lowest BCUT2D eigenvalue weighted by molar-refractivity contribution is -0.128. The summed E-state index contributed by atoms with van der Waals surface area (Å²) in [6.45, 7) is 3.11. The first kappa shape index (κ1) is 10.4.